The summed E-state index contributed by atoms with van der Waals surface area (Å²) in [5.74, 6) is -1.09. The number of hydrogen-bond donors (Lipinski definition) is 2. The molecule has 0 atom stereocenters. The fraction of sp³-hybridized carbons (Fsp3) is 0.0357. The highest BCUT2D eigenvalue weighted by Gasteiger charge is 2.18. The lowest BCUT2D eigenvalue weighted by atomic mass is 10.1. The molecule has 0 spiro atoms. The van der Waals surface area contributed by atoms with E-state index in [1.165, 1.54) is 18.2 Å². The van der Waals surface area contributed by atoms with Gasteiger partial charge in [-0.3, -0.25) is 9.59 Å². The number of anilines is 1. The van der Waals surface area contributed by atoms with Crippen LogP contribution in [-0.4, -0.2) is 29.4 Å². The molecule has 0 aliphatic heterocycles. The molecule has 4 aromatic carbocycles. The molecule has 4 aromatic rings. The molecule has 0 saturated heterocycles. The summed E-state index contributed by atoms with van der Waals surface area (Å²) in [5.41, 5.74) is 0.483. The van der Waals surface area contributed by atoms with E-state index in [0.29, 0.717) is 27.8 Å². The summed E-state index contributed by atoms with van der Waals surface area (Å²) in [6, 6.07) is 26.0. The lowest BCUT2D eigenvalue weighted by Crippen LogP contribution is -2.18. The summed E-state index contributed by atoms with van der Waals surface area (Å²) in [5, 5.41) is 12.5. The molecule has 2 N–H and O–H groups in total. The Labute approximate surface area is 211 Å². The lowest BCUT2D eigenvalue weighted by molar-refractivity contribution is 0.0692. The predicted octanol–water partition coefficient (Wildman–Crippen LogP) is 6.34. The van der Waals surface area contributed by atoms with Crippen molar-refractivity contribution in [3.63, 3.8) is 0 Å². The first-order chi connectivity index (χ1) is 17.4. The van der Waals surface area contributed by atoms with Gasteiger partial charge < -0.3 is 19.9 Å². The number of carboxylic acid groups (broad SMARTS) is 1. The van der Waals surface area contributed by atoms with E-state index in [1.807, 2.05) is 0 Å². The molecule has 0 heterocycles. The van der Waals surface area contributed by atoms with E-state index in [1.54, 1.807) is 78.9 Å². The van der Waals surface area contributed by atoms with Gasteiger partial charge in [-0.25, -0.2) is 4.79 Å². The lowest BCUT2D eigenvalue weighted by Gasteiger charge is -2.14. The standard InChI is InChI=1S/C28H20ClNO6/c29-18-8-7-9-19(16-18)36-25-14-5-3-12-22(25)24(31)17-35-26-15-6-4-13-23(26)30-27(32)20-10-1-2-11-21(20)28(33)34/h1-16H,17H2,(H,30,32)(H,33,34). The first-order valence-electron chi connectivity index (χ1n) is 10.8. The van der Waals surface area contributed by atoms with Crippen LogP contribution in [0.2, 0.25) is 5.02 Å². The fourth-order valence-corrected chi connectivity index (χ4v) is 3.60. The number of Topliss-reactive ketones (excluding diaryl/α,β-unsaturated/α-hetero) is 1. The van der Waals surface area contributed by atoms with Crippen LogP contribution in [0.1, 0.15) is 31.1 Å². The van der Waals surface area contributed by atoms with Gasteiger partial charge in [0.1, 0.15) is 17.2 Å². The fourth-order valence-electron chi connectivity index (χ4n) is 3.42. The summed E-state index contributed by atoms with van der Waals surface area (Å²) in [7, 11) is 0. The first-order valence-corrected chi connectivity index (χ1v) is 11.2. The third-order valence-corrected chi connectivity index (χ3v) is 5.34. The Kier molecular flexibility index (Phi) is 7.63. The van der Waals surface area contributed by atoms with E-state index >= 15 is 0 Å². The maximum absolute atomic E-state index is 13.0. The van der Waals surface area contributed by atoms with Crippen LogP contribution >= 0.6 is 11.6 Å². The maximum Gasteiger partial charge on any atom is 0.336 e. The van der Waals surface area contributed by atoms with Crippen LogP contribution in [0, 0.1) is 0 Å². The maximum atomic E-state index is 13.0. The number of carboxylic acids is 1. The molecule has 0 saturated carbocycles. The zero-order valence-corrected chi connectivity index (χ0v) is 19.6. The number of amides is 1. The largest absolute Gasteiger partial charge is 0.483 e. The van der Waals surface area contributed by atoms with Gasteiger partial charge in [0.2, 0.25) is 5.78 Å². The molecule has 180 valence electrons. The number of carbonyl (C=O) groups excluding carboxylic acids is 2. The van der Waals surface area contributed by atoms with Gasteiger partial charge in [0.25, 0.3) is 5.91 Å². The third-order valence-electron chi connectivity index (χ3n) is 5.11. The van der Waals surface area contributed by atoms with Crippen molar-refractivity contribution in [3.05, 3.63) is 119 Å². The molecular weight excluding hydrogens is 482 g/mol. The first kappa shape index (κ1) is 24.5. The second-order valence-corrected chi connectivity index (χ2v) is 8.00. The molecule has 0 fully saturated rings. The van der Waals surface area contributed by atoms with Crippen LogP contribution in [0.15, 0.2) is 97.1 Å². The van der Waals surface area contributed by atoms with Crippen molar-refractivity contribution in [2.45, 2.75) is 0 Å². The normalized spacial score (nSPS) is 10.4. The molecule has 36 heavy (non-hydrogen) atoms. The zero-order chi connectivity index (χ0) is 25.5. The minimum absolute atomic E-state index is 0.00275. The minimum atomic E-state index is -1.21. The van der Waals surface area contributed by atoms with Crippen LogP contribution in [0.25, 0.3) is 0 Å². The Morgan fingerprint density at radius 1 is 0.750 bits per heavy atom. The Balaban J connectivity index is 1.49. The highest BCUT2D eigenvalue weighted by Crippen LogP contribution is 2.29. The molecule has 0 bridgehead atoms. The van der Waals surface area contributed by atoms with Gasteiger partial charge in [0.05, 0.1) is 22.4 Å². The Bertz CT molecular complexity index is 1430. The van der Waals surface area contributed by atoms with E-state index in [4.69, 9.17) is 21.1 Å². The number of aromatic carboxylic acids is 1. The third kappa shape index (κ3) is 5.89. The Morgan fingerprint density at radius 2 is 1.39 bits per heavy atom. The van der Waals surface area contributed by atoms with Crippen molar-refractivity contribution >= 4 is 34.9 Å². The molecule has 1 amide bonds. The molecule has 8 heteroatoms. The summed E-state index contributed by atoms with van der Waals surface area (Å²) < 4.78 is 11.6. The highest BCUT2D eigenvalue weighted by atomic mass is 35.5. The van der Waals surface area contributed by atoms with Gasteiger partial charge in [-0.2, -0.15) is 0 Å². The highest BCUT2D eigenvalue weighted by molar-refractivity contribution is 6.30. The van der Waals surface area contributed by atoms with E-state index in [2.05, 4.69) is 5.32 Å². The molecule has 0 aliphatic rings. The van der Waals surface area contributed by atoms with Gasteiger partial charge in [-0.1, -0.05) is 54.1 Å². The van der Waals surface area contributed by atoms with Gasteiger partial charge >= 0.3 is 5.97 Å². The summed E-state index contributed by atoms with van der Waals surface area (Å²) in [6.07, 6.45) is 0. The Hall–Kier alpha value is -4.62. The second kappa shape index (κ2) is 11.2. The number of ether oxygens (including phenoxy) is 2. The quantitative estimate of drug-likeness (QED) is 0.259. The molecular formula is C28H20ClNO6. The van der Waals surface area contributed by atoms with Crippen molar-refractivity contribution < 1.29 is 29.0 Å². The average molecular weight is 502 g/mol. The smallest absolute Gasteiger partial charge is 0.336 e. The topological polar surface area (TPSA) is 102 Å². The summed E-state index contributed by atoms with van der Waals surface area (Å²) in [6.45, 7) is -0.325. The predicted molar refractivity (Wildman–Crippen MR) is 136 cm³/mol. The van der Waals surface area contributed by atoms with Gasteiger partial charge in [0, 0.05) is 5.02 Å². The molecule has 0 unspecified atom stereocenters. The van der Waals surface area contributed by atoms with Gasteiger partial charge in [0.15, 0.2) is 6.61 Å². The number of hydrogen-bond acceptors (Lipinski definition) is 5. The minimum Gasteiger partial charge on any atom is -0.483 e. The van der Waals surface area contributed by atoms with Gasteiger partial charge in [-0.15, -0.1) is 0 Å². The Morgan fingerprint density at radius 3 is 2.11 bits per heavy atom. The molecule has 7 nitrogen and oxygen atoms in total. The molecule has 0 aliphatic carbocycles. The van der Waals surface area contributed by atoms with E-state index in [-0.39, 0.29) is 29.3 Å². The number of halogens is 1. The van der Waals surface area contributed by atoms with Crippen molar-refractivity contribution in [1.82, 2.24) is 0 Å². The number of rotatable bonds is 9. The second-order valence-electron chi connectivity index (χ2n) is 7.57. The van der Waals surface area contributed by atoms with Crippen LogP contribution in [0.5, 0.6) is 17.2 Å². The van der Waals surface area contributed by atoms with Crippen molar-refractivity contribution in [3.8, 4) is 17.2 Å². The van der Waals surface area contributed by atoms with Crippen molar-refractivity contribution in [1.29, 1.82) is 0 Å². The summed E-state index contributed by atoms with van der Waals surface area (Å²) in [4.78, 5) is 37.2. The SMILES string of the molecule is O=C(COc1ccccc1NC(=O)c1ccccc1C(=O)O)c1ccccc1Oc1cccc(Cl)c1. The van der Waals surface area contributed by atoms with Crippen LogP contribution in [0.3, 0.4) is 0 Å². The van der Waals surface area contributed by atoms with Crippen molar-refractivity contribution in [2.75, 3.05) is 11.9 Å². The number of carbonyl (C=O) groups is 3. The zero-order valence-electron chi connectivity index (χ0n) is 18.8. The van der Waals surface area contributed by atoms with E-state index in [9.17, 15) is 19.5 Å². The number of benzene rings is 4. The van der Waals surface area contributed by atoms with Crippen molar-refractivity contribution in [2.24, 2.45) is 0 Å². The van der Waals surface area contributed by atoms with Crippen LogP contribution < -0.4 is 14.8 Å². The number of ketones is 1. The molecule has 0 radical (unpaired) electrons. The number of para-hydroxylation sites is 3. The van der Waals surface area contributed by atoms with E-state index < -0.39 is 11.9 Å². The molecule has 4 rings (SSSR count). The average Bonchev–Trinajstić information content (AvgIpc) is 2.88. The number of nitrogens with one attached hydrogen (secondary N) is 1. The summed E-state index contributed by atoms with van der Waals surface area (Å²) >= 11 is 6.02. The molecule has 0 aromatic heterocycles. The van der Waals surface area contributed by atoms with Crippen LogP contribution in [-0.2, 0) is 0 Å². The van der Waals surface area contributed by atoms with Gasteiger partial charge in [-0.05, 0) is 54.6 Å². The monoisotopic (exact) mass is 501 g/mol. The van der Waals surface area contributed by atoms with E-state index in [0.717, 1.165) is 0 Å². The van der Waals surface area contributed by atoms with Crippen LogP contribution in [0.4, 0.5) is 5.69 Å².